The minimum absolute atomic E-state index is 0.141. The van der Waals surface area contributed by atoms with Crippen LogP contribution in [0.1, 0.15) is 5.56 Å². The third-order valence-electron chi connectivity index (χ3n) is 3.68. The number of benzene rings is 2. The first-order valence-electron chi connectivity index (χ1n) is 7.93. The maximum absolute atomic E-state index is 12.4. The van der Waals surface area contributed by atoms with Gasteiger partial charge in [-0.2, -0.15) is 0 Å². The number of sulfonamides is 1. The number of aryl methyl sites for hydroxylation is 1. The van der Waals surface area contributed by atoms with Gasteiger partial charge in [0.2, 0.25) is 0 Å². The van der Waals surface area contributed by atoms with E-state index in [1.165, 1.54) is 19.2 Å². The van der Waals surface area contributed by atoms with Crippen LogP contribution >= 0.6 is 0 Å². The van der Waals surface area contributed by atoms with E-state index in [0.29, 0.717) is 5.75 Å². The Bertz CT molecular complexity index is 985. The fourth-order valence-electron chi connectivity index (χ4n) is 2.37. The molecule has 134 valence electrons. The van der Waals surface area contributed by atoms with Crippen molar-refractivity contribution in [2.24, 2.45) is 0 Å². The monoisotopic (exact) mass is 369 g/mol. The molecular formula is C19H19N3O3S. The summed E-state index contributed by atoms with van der Waals surface area (Å²) in [6, 6.07) is 17.5. The number of hydrogen-bond acceptors (Lipinski definition) is 5. The number of nitrogens with zero attached hydrogens (tertiary/aromatic N) is 1. The van der Waals surface area contributed by atoms with Gasteiger partial charge in [-0.1, -0.05) is 12.1 Å². The van der Waals surface area contributed by atoms with Crippen LogP contribution in [0.5, 0.6) is 5.75 Å². The highest BCUT2D eigenvalue weighted by atomic mass is 32.2. The Balaban J connectivity index is 1.71. The molecule has 7 heteroatoms. The SMILES string of the molecule is COc1ccc(S(=O)(=O)Nc2ccc(Nc3cccc(C)c3)cn2)cc1. The van der Waals surface area contributed by atoms with Gasteiger partial charge < -0.3 is 10.1 Å². The summed E-state index contributed by atoms with van der Waals surface area (Å²) in [7, 11) is -2.18. The van der Waals surface area contributed by atoms with Crippen molar-refractivity contribution in [3.05, 3.63) is 72.4 Å². The summed E-state index contributed by atoms with van der Waals surface area (Å²) < 4.78 is 32.3. The lowest BCUT2D eigenvalue weighted by Gasteiger charge is -2.10. The van der Waals surface area contributed by atoms with Crippen molar-refractivity contribution in [1.82, 2.24) is 4.98 Å². The second-order valence-corrected chi connectivity index (χ2v) is 7.39. The lowest BCUT2D eigenvalue weighted by atomic mass is 10.2. The van der Waals surface area contributed by atoms with E-state index in [0.717, 1.165) is 16.9 Å². The molecule has 1 aromatic heterocycles. The molecule has 2 N–H and O–H groups in total. The van der Waals surface area contributed by atoms with Crippen molar-refractivity contribution >= 4 is 27.2 Å². The Labute approximate surface area is 152 Å². The van der Waals surface area contributed by atoms with Gasteiger partial charge in [0.05, 0.1) is 23.9 Å². The Hall–Kier alpha value is -3.06. The van der Waals surface area contributed by atoms with Crippen LogP contribution in [0.3, 0.4) is 0 Å². The third-order valence-corrected chi connectivity index (χ3v) is 5.05. The number of pyridine rings is 1. The fourth-order valence-corrected chi connectivity index (χ4v) is 3.38. The van der Waals surface area contributed by atoms with Crippen molar-refractivity contribution in [2.45, 2.75) is 11.8 Å². The number of rotatable bonds is 6. The predicted octanol–water partition coefficient (Wildman–Crippen LogP) is 3.94. The van der Waals surface area contributed by atoms with Crippen LogP contribution in [0, 0.1) is 6.92 Å². The highest BCUT2D eigenvalue weighted by Crippen LogP contribution is 2.21. The number of anilines is 3. The van der Waals surface area contributed by atoms with Gasteiger partial charge in [-0.3, -0.25) is 4.72 Å². The molecule has 0 atom stereocenters. The van der Waals surface area contributed by atoms with Gasteiger partial charge in [0, 0.05) is 5.69 Å². The molecule has 0 radical (unpaired) electrons. The molecule has 0 spiro atoms. The molecule has 6 nitrogen and oxygen atoms in total. The Kier molecular flexibility index (Phi) is 5.09. The number of methoxy groups -OCH3 is 1. The zero-order valence-electron chi connectivity index (χ0n) is 14.4. The zero-order chi connectivity index (χ0) is 18.6. The Morgan fingerprint density at radius 2 is 1.73 bits per heavy atom. The summed E-state index contributed by atoms with van der Waals surface area (Å²) in [4.78, 5) is 4.31. The second kappa shape index (κ2) is 7.45. The van der Waals surface area contributed by atoms with Gasteiger partial charge in [0.25, 0.3) is 10.0 Å². The Morgan fingerprint density at radius 3 is 2.35 bits per heavy atom. The molecule has 0 fully saturated rings. The summed E-state index contributed by atoms with van der Waals surface area (Å²) in [5, 5.41) is 3.23. The number of ether oxygens (including phenoxy) is 1. The van der Waals surface area contributed by atoms with Gasteiger partial charge in [-0.15, -0.1) is 0 Å². The fraction of sp³-hybridized carbons (Fsp3) is 0.105. The van der Waals surface area contributed by atoms with Gasteiger partial charge in [0.1, 0.15) is 11.6 Å². The van der Waals surface area contributed by atoms with E-state index in [-0.39, 0.29) is 10.7 Å². The maximum atomic E-state index is 12.4. The van der Waals surface area contributed by atoms with E-state index in [4.69, 9.17) is 4.74 Å². The number of hydrogen-bond donors (Lipinski definition) is 2. The van der Waals surface area contributed by atoms with Gasteiger partial charge in [0.15, 0.2) is 0 Å². The van der Waals surface area contributed by atoms with Crippen molar-refractivity contribution in [1.29, 1.82) is 0 Å². The molecule has 0 saturated heterocycles. The molecule has 26 heavy (non-hydrogen) atoms. The van der Waals surface area contributed by atoms with Crippen molar-refractivity contribution in [3.63, 3.8) is 0 Å². The standard InChI is InChI=1S/C19H19N3O3S/c1-14-4-3-5-15(12-14)21-16-6-11-19(20-13-16)22-26(23,24)18-9-7-17(25-2)8-10-18/h3-13,21H,1-2H3,(H,20,22). The van der Waals surface area contributed by atoms with Crippen LogP contribution < -0.4 is 14.8 Å². The molecule has 1 heterocycles. The molecular weight excluding hydrogens is 350 g/mol. The highest BCUT2D eigenvalue weighted by molar-refractivity contribution is 7.92. The van der Waals surface area contributed by atoms with Crippen LogP contribution in [0.2, 0.25) is 0 Å². The van der Waals surface area contributed by atoms with Gasteiger partial charge in [-0.05, 0) is 61.0 Å². The van der Waals surface area contributed by atoms with E-state index in [1.807, 2.05) is 31.2 Å². The van der Waals surface area contributed by atoms with E-state index < -0.39 is 10.0 Å². The Morgan fingerprint density at radius 1 is 0.962 bits per heavy atom. The second-order valence-electron chi connectivity index (χ2n) is 5.71. The van der Waals surface area contributed by atoms with Crippen molar-refractivity contribution < 1.29 is 13.2 Å². The molecule has 2 aromatic carbocycles. The van der Waals surface area contributed by atoms with E-state index in [1.54, 1.807) is 30.5 Å². The summed E-state index contributed by atoms with van der Waals surface area (Å²) in [6.07, 6.45) is 1.58. The molecule has 0 aliphatic carbocycles. The highest BCUT2D eigenvalue weighted by Gasteiger charge is 2.14. The van der Waals surface area contributed by atoms with Crippen LogP contribution in [0.25, 0.3) is 0 Å². The first-order chi connectivity index (χ1) is 12.5. The van der Waals surface area contributed by atoms with Crippen LogP contribution in [0.15, 0.2) is 71.8 Å². The molecule has 0 bridgehead atoms. The number of aromatic nitrogens is 1. The van der Waals surface area contributed by atoms with E-state index in [2.05, 4.69) is 15.0 Å². The maximum Gasteiger partial charge on any atom is 0.263 e. The summed E-state index contributed by atoms with van der Waals surface area (Å²) in [5.74, 6) is 0.837. The van der Waals surface area contributed by atoms with Crippen molar-refractivity contribution in [2.75, 3.05) is 17.1 Å². The quantitative estimate of drug-likeness (QED) is 0.688. The lowest BCUT2D eigenvalue weighted by molar-refractivity contribution is 0.414. The smallest absolute Gasteiger partial charge is 0.263 e. The lowest BCUT2D eigenvalue weighted by Crippen LogP contribution is -2.13. The molecule has 0 unspecified atom stereocenters. The topological polar surface area (TPSA) is 80.3 Å². The molecule has 0 saturated carbocycles. The number of nitrogens with one attached hydrogen (secondary N) is 2. The summed E-state index contributed by atoms with van der Waals surface area (Å²) in [6.45, 7) is 2.01. The molecule has 0 aliphatic rings. The first-order valence-corrected chi connectivity index (χ1v) is 9.41. The van der Waals surface area contributed by atoms with Gasteiger partial charge >= 0.3 is 0 Å². The predicted molar refractivity (Wildman–Crippen MR) is 103 cm³/mol. The van der Waals surface area contributed by atoms with E-state index >= 15 is 0 Å². The minimum Gasteiger partial charge on any atom is -0.497 e. The normalized spacial score (nSPS) is 11.0. The van der Waals surface area contributed by atoms with Crippen molar-refractivity contribution in [3.8, 4) is 5.75 Å². The minimum atomic E-state index is -3.70. The molecule has 0 aliphatic heterocycles. The summed E-state index contributed by atoms with van der Waals surface area (Å²) in [5.41, 5.74) is 2.85. The third kappa shape index (κ3) is 4.31. The zero-order valence-corrected chi connectivity index (χ0v) is 15.2. The largest absolute Gasteiger partial charge is 0.497 e. The average Bonchev–Trinajstić information content (AvgIpc) is 2.63. The first kappa shape index (κ1) is 17.8. The van der Waals surface area contributed by atoms with Crippen LogP contribution in [0.4, 0.5) is 17.2 Å². The van der Waals surface area contributed by atoms with Gasteiger partial charge in [-0.25, -0.2) is 13.4 Å². The molecule has 3 aromatic rings. The average molecular weight is 369 g/mol. The van der Waals surface area contributed by atoms with E-state index in [9.17, 15) is 8.42 Å². The molecule has 0 amide bonds. The van der Waals surface area contributed by atoms with Crippen LogP contribution in [-0.4, -0.2) is 20.5 Å². The van der Waals surface area contributed by atoms with Crippen LogP contribution in [-0.2, 0) is 10.0 Å². The summed E-state index contributed by atoms with van der Waals surface area (Å²) >= 11 is 0. The molecule has 3 rings (SSSR count).